The molecule has 35 heavy (non-hydrogen) atoms. The fourth-order valence-corrected chi connectivity index (χ4v) is 5.79. The van der Waals surface area contributed by atoms with Gasteiger partial charge in [-0.05, 0) is 37.3 Å². The summed E-state index contributed by atoms with van der Waals surface area (Å²) in [5, 5.41) is 0. The third-order valence-corrected chi connectivity index (χ3v) is 7.65. The van der Waals surface area contributed by atoms with E-state index >= 15 is 0 Å². The Labute approximate surface area is 213 Å². The lowest BCUT2D eigenvalue weighted by atomic mass is 10.2. The predicted octanol–water partition coefficient (Wildman–Crippen LogP) is 3.80. The van der Waals surface area contributed by atoms with Crippen molar-refractivity contribution in [3.63, 3.8) is 0 Å². The Morgan fingerprint density at radius 3 is 2.60 bits per heavy atom. The lowest BCUT2D eigenvalue weighted by Gasteiger charge is -2.36. The van der Waals surface area contributed by atoms with E-state index in [1.54, 1.807) is 6.08 Å². The first kappa shape index (κ1) is 25.1. The van der Waals surface area contributed by atoms with Gasteiger partial charge in [0.1, 0.15) is 5.75 Å². The maximum atomic E-state index is 12.6. The first-order chi connectivity index (χ1) is 17.1. The summed E-state index contributed by atoms with van der Waals surface area (Å²) in [5.41, 5.74) is 2.17. The Morgan fingerprint density at radius 2 is 1.89 bits per heavy atom. The van der Waals surface area contributed by atoms with E-state index in [0.29, 0.717) is 31.0 Å². The van der Waals surface area contributed by atoms with Crippen LogP contribution in [0.4, 0.5) is 5.69 Å². The van der Waals surface area contributed by atoms with Crippen molar-refractivity contribution in [3.05, 3.63) is 66.0 Å². The van der Waals surface area contributed by atoms with Gasteiger partial charge in [0.25, 0.3) is 5.91 Å². The van der Waals surface area contributed by atoms with Gasteiger partial charge in [-0.2, -0.15) is 4.99 Å². The molecule has 3 aromatic rings. The van der Waals surface area contributed by atoms with E-state index in [2.05, 4.69) is 28.6 Å². The van der Waals surface area contributed by atoms with E-state index in [1.165, 1.54) is 28.8 Å². The van der Waals surface area contributed by atoms with E-state index < -0.39 is 0 Å². The Kier molecular flexibility index (Phi) is 8.65. The third-order valence-electron chi connectivity index (χ3n) is 5.70. The molecular formula is C26H30N4O3S2. The van der Waals surface area contributed by atoms with Gasteiger partial charge in [-0.3, -0.25) is 9.59 Å². The Morgan fingerprint density at radius 1 is 1.11 bits per heavy atom. The Bertz CT molecular complexity index is 1240. The molecular weight excluding hydrogens is 480 g/mol. The second kappa shape index (κ2) is 12.1. The van der Waals surface area contributed by atoms with Crippen LogP contribution in [0.25, 0.3) is 10.2 Å². The molecule has 1 saturated heterocycles. The quantitative estimate of drug-likeness (QED) is 0.410. The van der Waals surface area contributed by atoms with Crippen molar-refractivity contribution in [2.45, 2.75) is 13.5 Å². The van der Waals surface area contributed by atoms with Crippen LogP contribution >= 0.6 is 23.1 Å². The van der Waals surface area contributed by atoms with Crippen LogP contribution in [0.2, 0.25) is 0 Å². The van der Waals surface area contributed by atoms with Gasteiger partial charge in [-0.1, -0.05) is 35.6 Å². The van der Waals surface area contributed by atoms with Gasteiger partial charge < -0.3 is 19.1 Å². The average Bonchev–Trinajstić information content (AvgIpc) is 3.21. The van der Waals surface area contributed by atoms with Crippen LogP contribution in [-0.2, 0) is 16.1 Å². The number of benzene rings is 2. The molecule has 0 atom stereocenters. The minimum absolute atomic E-state index is 0.0718. The number of carbonyl (C=O) groups is 2. The average molecular weight is 511 g/mol. The molecule has 0 radical (unpaired) electrons. The van der Waals surface area contributed by atoms with Crippen molar-refractivity contribution in [1.29, 1.82) is 0 Å². The van der Waals surface area contributed by atoms with E-state index in [9.17, 15) is 9.59 Å². The molecule has 4 rings (SSSR count). The van der Waals surface area contributed by atoms with Crippen LogP contribution in [0, 0.1) is 0 Å². The molecule has 1 aliphatic heterocycles. The Balaban J connectivity index is 1.32. The molecule has 2 heterocycles. The number of rotatable bonds is 9. The monoisotopic (exact) mass is 510 g/mol. The van der Waals surface area contributed by atoms with Gasteiger partial charge in [0.05, 0.1) is 28.3 Å². The van der Waals surface area contributed by atoms with Crippen molar-refractivity contribution in [1.82, 2.24) is 9.47 Å². The van der Waals surface area contributed by atoms with Gasteiger partial charge in [0.15, 0.2) is 4.80 Å². The number of thiazole rings is 1. The van der Waals surface area contributed by atoms with Crippen LogP contribution in [0.3, 0.4) is 0 Å². The van der Waals surface area contributed by atoms with Crippen LogP contribution in [0.5, 0.6) is 5.75 Å². The zero-order valence-corrected chi connectivity index (χ0v) is 21.5. The minimum Gasteiger partial charge on any atom is -0.494 e. The highest BCUT2D eigenvalue weighted by atomic mass is 32.2. The first-order valence-corrected chi connectivity index (χ1v) is 13.7. The number of anilines is 1. The number of para-hydroxylation sites is 1. The normalized spacial score (nSPS) is 14.4. The molecule has 1 aromatic heterocycles. The second-order valence-electron chi connectivity index (χ2n) is 8.05. The number of carbonyl (C=O) groups excluding carboxylic acids is 2. The molecule has 1 aliphatic rings. The lowest BCUT2D eigenvalue weighted by molar-refractivity contribution is -0.128. The molecule has 0 unspecified atom stereocenters. The van der Waals surface area contributed by atoms with Gasteiger partial charge in [0.2, 0.25) is 5.91 Å². The van der Waals surface area contributed by atoms with Crippen molar-refractivity contribution < 1.29 is 14.3 Å². The summed E-state index contributed by atoms with van der Waals surface area (Å²) in [7, 11) is 0. The van der Waals surface area contributed by atoms with Crippen LogP contribution in [0.1, 0.15) is 6.92 Å². The summed E-state index contributed by atoms with van der Waals surface area (Å²) in [5.74, 6) is 1.07. The number of nitrogens with zero attached hydrogens (tertiary/aromatic N) is 4. The smallest absolute Gasteiger partial charge is 0.258 e. The van der Waals surface area contributed by atoms with Crippen molar-refractivity contribution in [2.24, 2.45) is 4.99 Å². The van der Waals surface area contributed by atoms with E-state index in [4.69, 9.17) is 4.74 Å². The molecule has 0 aliphatic carbocycles. The number of ether oxygens (including phenoxy) is 1. The van der Waals surface area contributed by atoms with Crippen LogP contribution in [-0.4, -0.2) is 65.6 Å². The highest BCUT2D eigenvalue weighted by Crippen LogP contribution is 2.23. The molecule has 0 saturated carbocycles. The molecule has 184 valence electrons. The standard InChI is InChI=1S/C26H30N4O3S2/c1-3-12-30-22-11-10-21(33-4-2)17-23(22)35-26(30)27-24(31)18-34-19-25(32)29-15-13-28(14-16-29)20-8-6-5-7-9-20/h3,5-11,17H,1,4,12-16,18-19H2,2H3. The fraction of sp³-hybridized carbons (Fsp3) is 0.346. The van der Waals surface area contributed by atoms with Crippen molar-refractivity contribution in [3.8, 4) is 5.75 Å². The molecule has 7 nitrogen and oxygen atoms in total. The number of fused-ring (bicyclic) bond motifs is 1. The number of hydrogen-bond acceptors (Lipinski definition) is 6. The first-order valence-electron chi connectivity index (χ1n) is 11.7. The largest absolute Gasteiger partial charge is 0.494 e. The number of thioether (sulfide) groups is 1. The third kappa shape index (κ3) is 6.35. The molecule has 0 bridgehead atoms. The van der Waals surface area contributed by atoms with E-state index in [0.717, 1.165) is 29.1 Å². The number of aromatic nitrogens is 1. The number of hydrogen-bond donors (Lipinski definition) is 0. The maximum absolute atomic E-state index is 12.6. The molecule has 2 amide bonds. The fourth-order valence-electron chi connectivity index (χ4n) is 4.01. The molecule has 0 spiro atoms. The zero-order chi connectivity index (χ0) is 24.6. The Hall–Kier alpha value is -3.04. The van der Waals surface area contributed by atoms with Crippen molar-refractivity contribution in [2.75, 3.05) is 49.2 Å². The summed E-state index contributed by atoms with van der Waals surface area (Å²) >= 11 is 2.77. The highest BCUT2D eigenvalue weighted by molar-refractivity contribution is 8.00. The number of piperazine rings is 1. The predicted molar refractivity (Wildman–Crippen MR) is 144 cm³/mol. The number of allylic oxidation sites excluding steroid dienone is 1. The topological polar surface area (TPSA) is 67.1 Å². The van der Waals surface area contributed by atoms with Gasteiger partial charge in [-0.25, -0.2) is 0 Å². The molecule has 2 aromatic carbocycles. The maximum Gasteiger partial charge on any atom is 0.258 e. The SMILES string of the molecule is C=CCn1c(=NC(=O)CSCC(=O)N2CCN(c3ccccc3)CC2)sc2cc(OCC)ccc21. The molecule has 0 N–H and O–H groups in total. The summed E-state index contributed by atoms with van der Waals surface area (Å²) in [6.07, 6.45) is 1.79. The second-order valence-corrected chi connectivity index (χ2v) is 10.0. The minimum atomic E-state index is -0.244. The van der Waals surface area contributed by atoms with E-state index in [-0.39, 0.29) is 23.3 Å². The van der Waals surface area contributed by atoms with Crippen LogP contribution < -0.4 is 14.4 Å². The molecule has 9 heteroatoms. The summed E-state index contributed by atoms with van der Waals surface area (Å²) in [6.45, 7) is 9.94. The summed E-state index contributed by atoms with van der Waals surface area (Å²) in [4.78, 5) is 34.4. The highest BCUT2D eigenvalue weighted by Gasteiger charge is 2.21. The molecule has 1 fully saturated rings. The van der Waals surface area contributed by atoms with Gasteiger partial charge >= 0.3 is 0 Å². The number of amides is 2. The van der Waals surface area contributed by atoms with Crippen molar-refractivity contribution >= 4 is 50.8 Å². The van der Waals surface area contributed by atoms with Gasteiger partial charge in [-0.15, -0.1) is 18.3 Å². The van der Waals surface area contributed by atoms with Crippen LogP contribution in [0.15, 0.2) is 66.2 Å². The summed E-state index contributed by atoms with van der Waals surface area (Å²) in [6, 6.07) is 16.1. The van der Waals surface area contributed by atoms with E-state index in [1.807, 2.05) is 52.8 Å². The summed E-state index contributed by atoms with van der Waals surface area (Å²) < 4.78 is 8.57. The zero-order valence-electron chi connectivity index (χ0n) is 19.9. The van der Waals surface area contributed by atoms with Gasteiger partial charge in [0, 0.05) is 38.4 Å². The lowest BCUT2D eigenvalue weighted by Crippen LogP contribution is -2.49.